The number of azo groups is 2. The Balaban J connectivity index is 0.00000650. The van der Waals surface area contributed by atoms with E-state index in [1.165, 1.54) is 30.3 Å². The average Bonchev–Trinajstić information content (AvgIpc) is 3.03. The van der Waals surface area contributed by atoms with Gasteiger partial charge in [-0.25, -0.2) is 13.4 Å². The molecule has 4 N–H and O–H groups in total. The van der Waals surface area contributed by atoms with Gasteiger partial charge in [-0.2, -0.15) is 29.0 Å². The number of benzene rings is 3. The predicted molar refractivity (Wildman–Crippen MR) is 176 cm³/mol. The standard InChI is InChI=1S/C31H32N8O7S2.Na/c1-19-16-28(20(2)15-27(19)37-36-23-5-4-6-25(17-23)48(44,45)46)38-39-29-21(3)26(18-32)30(34-13-14-40)35-31(29)33-12-11-22-7-9-24(10-8-22)47(41,42)43;/h4-10,15-17,40H,11-14H2,1-3H3,(H2,33,34,35)(H,41,42,43)(H,44,45,46);/q;+1/p-1. The molecule has 0 aliphatic heterocycles. The molecule has 0 aliphatic rings. The van der Waals surface area contributed by atoms with Crippen LogP contribution in [0.1, 0.15) is 27.8 Å². The topological polar surface area (TPSA) is 242 Å². The quantitative estimate of drug-likeness (QED) is 0.0891. The number of aryl methyl sites for hydroxylation is 2. The Hall–Kier alpha value is -4.12. The third-order valence-corrected chi connectivity index (χ3v) is 8.71. The Kier molecular flexibility index (Phi) is 13.6. The first-order valence-corrected chi connectivity index (χ1v) is 17.2. The van der Waals surface area contributed by atoms with E-state index in [1.54, 1.807) is 51.1 Å². The van der Waals surface area contributed by atoms with Gasteiger partial charge < -0.3 is 20.3 Å². The summed E-state index contributed by atoms with van der Waals surface area (Å²) >= 11 is 0. The molecule has 0 radical (unpaired) electrons. The minimum atomic E-state index is -4.56. The molecule has 0 spiro atoms. The van der Waals surface area contributed by atoms with Gasteiger partial charge in [0, 0.05) is 18.7 Å². The molecular weight excluding hydrogens is 684 g/mol. The molecule has 4 aromatic rings. The Morgan fingerprint density at radius 1 is 0.837 bits per heavy atom. The van der Waals surface area contributed by atoms with Crippen LogP contribution < -0.4 is 40.2 Å². The number of pyridine rings is 1. The van der Waals surface area contributed by atoms with Gasteiger partial charge in [0.05, 0.1) is 39.0 Å². The SMILES string of the molecule is Cc1cc(N=Nc2c(NCCc3ccc(S(=O)(=O)[O-])cc3)nc(NCCO)c(C#N)c2C)c(C)cc1N=Nc1cccc(S(=O)(=O)O)c1.[Na+]. The number of aliphatic hydroxyl groups excluding tert-OH is 1. The number of aliphatic hydroxyl groups is 1. The van der Waals surface area contributed by atoms with Gasteiger partial charge in [0.15, 0.2) is 5.82 Å². The minimum Gasteiger partial charge on any atom is -0.744 e. The molecule has 0 unspecified atom stereocenters. The molecule has 1 heterocycles. The van der Waals surface area contributed by atoms with Crippen LogP contribution in [0.2, 0.25) is 0 Å². The maximum Gasteiger partial charge on any atom is 1.00 e. The number of nitrogens with zero attached hydrogens (tertiary/aromatic N) is 6. The van der Waals surface area contributed by atoms with Crippen LogP contribution in [0.5, 0.6) is 0 Å². The van der Waals surface area contributed by atoms with Gasteiger partial charge in [0.2, 0.25) is 0 Å². The minimum absolute atomic E-state index is 0. The second-order valence-electron chi connectivity index (χ2n) is 10.5. The molecule has 49 heavy (non-hydrogen) atoms. The van der Waals surface area contributed by atoms with E-state index in [9.17, 15) is 36.3 Å². The number of nitrogens with one attached hydrogen (secondary N) is 2. The fourth-order valence-corrected chi connectivity index (χ4v) is 5.44. The van der Waals surface area contributed by atoms with E-state index in [2.05, 4.69) is 42.1 Å². The smallest absolute Gasteiger partial charge is 0.744 e. The second kappa shape index (κ2) is 17.0. The molecule has 0 amide bonds. The number of anilines is 2. The van der Waals surface area contributed by atoms with Crippen molar-refractivity contribution >= 4 is 54.6 Å². The third-order valence-electron chi connectivity index (χ3n) is 7.01. The van der Waals surface area contributed by atoms with Gasteiger partial charge in [0.25, 0.3) is 10.1 Å². The van der Waals surface area contributed by atoms with Crippen molar-refractivity contribution in [2.45, 2.75) is 37.0 Å². The summed E-state index contributed by atoms with van der Waals surface area (Å²) in [5.74, 6) is 0.556. The van der Waals surface area contributed by atoms with E-state index < -0.39 is 20.2 Å². The monoisotopic (exact) mass is 714 g/mol. The molecule has 0 aliphatic carbocycles. The normalized spacial score (nSPS) is 11.8. The molecule has 0 saturated heterocycles. The van der Waals surface area contributed by atoms with Crippen LogP contribution in [0, 0.1) is 32.1 Å². The van der Waals surface area contributed by atoms with E-state index in [0.29, 0.717) is 52.5 Å². The van der Waals surface area contributed by atoms with Gasteiger partial charge in [0.1, 0.15) is 27.7 Å². The Morgan fingerprint density at radius 3 is 2.02 bits per heavy atom. The number of hydrogen-bond donors (Lipinski definition) is 4. The Labute approximate surface area is 306 Å². The van der Waals surface area contributed by atoms with Crippen molar-refractivity contribution in [1.29, 1.82) is 5.26 Å². The van der Waals surface area contributed by atoms with Gasteiger partial charge in [-0.05, 0) is 86.3 Å². The number of nitriles is 1. The van der Waals surface area contributed by atoms with Crippen molar-refractivity contribution in [3.63, 3.8) is 0 Å². The van der Waals surface area contributed by atoms with Crippen molar-refractivity contribution < 1.29 is 60.6 Å². The van der Waals surface area contributed by atoms with Crippen molar-refractivity contribution in [1.82, 2.24) is 4.98 Å². The van der Waals surface area contributed by atoms with Crippen LogP contribution in [0.4, 0.5) is 34.4 Å². The van der Waals surface area contributed by atoms with Crippen LogP contribution in [0.3, 0.4) is 0 Å². The van der Waals surface area contributed by atoms with Gasteiger partial charge in [-0.1, -0.05) is 18.2 Å². The molecule has 0 bridgehead atoms. The van der Waals surface area contributed by atoms with Gasteiger partial charge in [-0.15, -0.1) is 5.11 Å². The Morgan fingerprint density at radius 2 is 1.45 bits per heavy atom. The fourth-order valence-electron chi connectivity index (χ4n) is 4.45. The summed E-state index contributed by atoms with van der Waals surface area (Å²) in [4.78, 5) is 3.93. The summed E-state index contributed by atoms with van der Waals surface area (Å²) in [6.45, 7) is 5.58. The van der Waals surface area contributed by atoms with Crippen molar-refractivity contribution in [2.75, 3.05) is 30.3 Å². The molecule has 0 fully saturated rings. The summed E-state index contributed by atoms with van der Waals surface area (Å²) < 4.78 is 65.9. The molecule has 0 saturated carbocycles. The maximum atomic E-state index is 11.4. The zero-order valence-corrected chi connectivity index (χ0v) is 30.7. The number of hydrogen-bond acceptors (Lipinski definition) is 14. The zero-order valence-electron chi connectivity index (χ0n) is 27.0. The van der Waals surface area contributed by atoms with Crippen molar-refractivity contribution in [2.24, 2.45) is 20.5 Å². The summed E-state index contributed by atoms with van der Waals surface area (Å²) in [7, 11) is -8.95. The third kappa shape index (κ3) is 10.4. The summed E-state index contributed by atoms with van der Waals surface area (Å²) in [5, 5.41) is 42.6. The van der Waals surface area contributed by atoms with Crippen LogP contribution in [0.15, 0.2) is 90.9 Å². The number of aromatic nitrogens is 1. The van der Waals surface area contributed by atoms with E-state index in [-0.39, 0.29) is 69.6 Å². The predicted octanol–water partition coefficient (Wildman–Crippen LogP) is 2.92. The van der Waals surface area contributed by atoms with Crippen LogP contribution in [0.25, 0.3) is 0 Å². The largest absolute Gasteiger partial charge is 1.00 e. The Bertz CT molecular complexity index is 2150. The molecule has 18 heteroatoms. The second-order valence-corrected chi connectivity index (χ2v) is 13.3. The van der Waals surface area contributed by atoms with Crippen LogP contribution >= 0.6 is 0 Å². The maximum absolute atomic E-state index is 11.4. The molecule has 1 aromatic heterocycles. The van der Waals surface area contributed by atoms with Gasteiger partial charge >= 0.3 is 29.6 Å². The molecular formula is C31H31N8NaO7S2. The van der Waals surface area contributed by atoms with Gasteiger partial charge in [-0.3, -0.25) is 4.55 Å². The molecule has 15 nitrogen and oxygen atoms in total. The van der Waals surface area contributed by atoms with E-state index in [0.717, 1.165) is 5.56 Å². The van der Waals surface area contributed by atoms with Crippen molar-refractivity contribution in [3.05, 3.63) is 88.5 Å². The molecule has 0 atom stereocenters. The van der Waals surface area contributed by atoms with E-state index in [4.69, 9.17) is 0 Å². The summed E-state index contributed by atoms with van der Waals surface area (Å²) in [6.07, 6.45) is 0.435. The molecule has 3 aromatic carbocycles. The first kappa shape index (κ1) is 39.3. The first-order chi connectivity index (χ1) is 22.7. The zero-order chi connectivity index (χ0) is 35.1. The number of rotatable bonds is 13. The molecule has 250 valence electrons. The average molecular weight is 715 g/mol. The van der Waals surface area contributed by atoms with Crippen LogP contribution in [-0.4, -0.2) is 55.7 Å². The summed E-state index contributed by atoms with van der Waals surface area (Å²) in [5.41, 5.74) is 4.37. The first-order valence-electron chi connectivity index (χ1n) is 14.3. The summed E-state index contributed by atoms with van der Waals surface area (Å²) in [6, 6.07) is 16.6. The fraction of sp³-hybridized carbons (Fsp3) is 0.226. The van der Waals surface area contributed by atoms with E-state index >= 15 is 0 Å². The van der Waals surface area contributed by atoms with E-state index in [1.807, 2.05) is 0 Å². The van der Waals surface area contributed by atoms with Crippen molar-refractivity contribution in [3.8, 4) is 6.07 Å². The molecule has 4 rings (SSSR count). The van der Waals surface area contributed by atoms with Crippen LogP contribution in [-0.2, 0) is 26.7 Å².